The Kier molecular flexibility index (Phi) is 6.64. The van der Waals surface area contributed by atoms with E-state index >= 15 is 0 Å². The number of nitrogens with zero attached hydrogens (tertiary/aromatic N) is 4. The minimum absolute atomic E-state index is 0.126. The Morgan fingerprint density at radius 1 is 1.11 bits per heavy atom. The van der Waals surface area contributed by atoms with Crippen molar-refractivity contribution >= 4 is 42.6 Å². The van der Waals surface area contributed by atoms with Gasteiger partial charge >= 0.3 is 0 Å². The van der Waals surface area contributed by atoms with Gasteiger partial charge < -0.3 is 0 Å². The van der Waals surface area contributed by atoms with Crippen molar-refractivity contribution in [2.24, 2.45) is 5.92 Å². The number of carbonyl (C=O) groups is 1. The number of carbonyl (C=O) groups excluding carboxylic acids is 1. The van der Waals surface area contributed by atoms with Crippen LogP contribution in [0.3, 0.4) is 0 Å². The van der Waals surface area contributed by atoms with Crippen LogP contribution in [0, 0.1) is 12.8 Å². The van der Waals surface area contributed by atoms with Crippen LogP contribution in [-0.4, -0.2) is 41.7 Å². The monoisotopic (exact) mass is 506 g/mol. The fraction of sp³-hybridized carbons (Fsp3) is 0.269. The number of aryl methyl sites for hydroxylation is 1. The average molecular weight is 507 g/mol. The first kappa shape index (κ1) is 23.6. The Morgan fingerprint density at radius 3 is 2.69 bits per heavy atom. The summed E-state index contributed by atoms with van der Waals surface area (Å²) in [6.07, 6.45) is 2.95. The van der Waals surface area contributed by atoms with Crippen molar-refractivity contribution in [1.29, 1.82) is 0 Å². The summed E-state index contributed by atoms with van der Waals surface area (Å²) in [4.78, 5) is 25.0. The predicted molar refractivity (Wildman–Crippen MR) is 138 cm³/mol. The summed E-state index contributed by atoms with van der Waals surface area (Å²) in [5, 5.41) is 0.601. The van der Waals surface area contributed by atoms with Gasteiger partial charge in [-0.15, -0.1) is 0 Å². The number of benzene rings is 2. The molecule has 2 aromatic carbocycles. The molecular formula is C26H26N4O3S2. The Hall–Kier alpha value is -3.14. The van der Waals surface area contributed by atoms with Crippen molar-refractivity contribution in [3.05, 3.63) is 84.2 Å². The van der Waals surface area contributed by atoms with E-state index < -0.39 is 15.9 Å². The molecule has 9 heteroatoms. The van der Waals surface area contributed by atoms with Crippen LogP contribution in [0.1, 0.15) is 24.1 Å². The normalized spacial score (nSPS) is 16.9. The number of hydrogen-bond donors (Lipinski definition) is 0. The molecule has 1 amide bonds. The maximum atomic E-state index is 13.9. The molecule has 1 atom stereocenters. The molecule has 0 radical (unpaired) electrons. The SMILES string of the molecule is Cc1ccc2nc(N(Cc3ccccn3)C(=O)C3CCCN(S(=O)(=O)c4ccccc4)C3)sc2c1. The molecule has 1 saturated heterocycles. The first-order chi connectivity index (χ1) is 16.9. The van der Waals surface area contributed by atoms with Gasteiger partial charge in [0, 0.05) is 19.3 Å². The molecule has 2 aromatic heterocycles. The number of pyridine rings is 1. The second-order valence-electron chi connectivity index (χ2n) is 8.73. The number of sulfonamides is 1. The smallest absolute Gasteiger partial charge is 0.243 e. The van der Waals surface area contributed by atoms with E-state index in [1.807, 2.05) is 37.3 Å². The van der Waals surface area contributed by atoms with Gasteiger partial charge in [0.15, 0.2) is 5.13 Å². The summed E-state index contributed by atoms with van der Waals surface area (Å²) in [6, 6.07) is 20.0. The Balaban J connectivity index is 1.45. The maximum Gasteiger partial charge on any atom is 0.243 e. The molecule has 0 spiro atoms. The molecular weight excluding hydrogens is 480 g/mol. The van der Waals surface area contributed by atoms with Crippen LogP contribution in [0.4, 0.5) is 5.13 Å². The topological polar surface area (TPSA) is 83.5 Å². The molecule has 1 fully saturated rings. The minimum Gasteiger partial charge on any atom is -0.282 e. The van der Waals surface area contributed by atoms with Crippen LogP contribution in [-0.2, 0) is 21.4 Å². The minimum atomic E-state index is -3.67. The number of hydrogen-bond acceptors (Lipinski definition) is 6. The molecule has 1 unspecified atom stereocenters. The summed E-state index contributed by atoms with van der Waals surface area (Å²) in [7, 11) is -3.67. The van der Waals surface area contributed by atoms with Crippen molar-refractivity contribution in [3.8, 4) is 0 Å². The zero-order chi connectivity index (χ0) is 24.4. The van der Waals surface area contributed by atoms with Crippen LogP contribution in [0.5, 0.6) is 0 Å². The molecule has 5 rings (SSSR count). The van der Waals surface area contributed by atoms with Gasteiger partial charge in [-0.25, -0.2) is 13.4 Å². The molecule has 35 heavy (non-hydrogen) atoms. The van der Waals surface area contributed by atoms with Crippen LogP contribution in [0.2, 0.25) is 0 Å². The summed E-state index contributed by atoms with van der Waals surface area (Å²) >= 11 is 1.47. The Bertz CT molecular complexity index is 1440. The average Bonchev–Trinajstić information content (AvgIpc) is 3.31. The van der Waals surface area contributed by atoms with E-state index in [0.29, 0.717) is 24.5 Å². The highest BCUT2D eigenvalue weighted by Crippen LogP contribution is 2.33. The quantitative estimate of drug-likeness (QED) is 0.381. The fourth-order valence-corrected chi connectivity index (χ4v) is 6.97. The highest BCUT2D eigenvalue weighted by Gasteiger charge is 2.36. The third kappa shape index (κ3) is 4.98. The van der Waals surface area contributed by atoms with E-state index in [-0.39, 0.29) is 23.9 Å². The molecule has 180 valence electrons. The van der Waals surface area contributed by atoms with Gasteiger partial charge in [-0.3, -0.25) is 14.7 Å². The first-order valence-corrected chi connectivity index (χ1v) is 13.8. The van der Waals surface area contributed by atoms with E-state index in [9.17, 15) is 13.2 Å². The zero-order valence-corrected chi connectivity index (χ0v) is 21.0. The van der Waals surface area contributed by atoms with Gasteiger partial charge in [0.1, 0.15) is 0 Å². The van der Waals surface area contributed by atoms with Crippen LogP contribution in [0.25, 0.3) is 10.2 Å². The van der Waals surface area contributed by atoms with Crippen molar-refractivity contribution in [2.75, 3.05) is 18.0 Å². The lowest BCUT2D eigenvalue weighted by Gasteiger charge is -2.33. The molecule has 3 heterocycles. The maximum absolute atomic E-state index is 13.9. The summed E-state index contributed by atoms with van der Waals surface area (Å²) < 4.78 is 28.9. The van der Waals surface area contributed by atoms with Gasteiger partial charge in [0.05, 0.1) is 33.3 Å². The van der Waals surface area contributed by atoms with Gasteiger partial charge in [-0.1, -0.05) is 41.7 Å². The molecule has 1 aliphatic rings. The van der Waals surface area contributed by atoms with Gasteiger partial charge in [0.25, 0.3) is 0 Å². The van der Waals surface area contributed by atoms with Crippen molar-refractivity contribution in [2.45, 2.75) is 31.2 Å². The molecule has 1 aliphatic heterocycles. The number of piperidine rings is 1. The third-order valence-electron chi connectivity index (χ3n) is 6.19. The number of aromatic nitrogens is 2. The van der Waals surface area contributed by atoms with E-state index in [1.165, 1.54) is 15.6 Å². The van der Waals surface area contributed by atoms with Crippen molar-refractivity contribution < 1.29 is 13.2 Å². The number of amides is 1. The fourth-order valence-electron chi connectivity index (χ4n) is 4.35. The summed E-state index contributed by atoms with van der Waals surface area (Å²) in [6.45, 7) is 2.86. The highest BCUT2D eigenvalue weighted by atomic mass is 32.2. The molecule has 4 aromatic rings. The van der Waals surface area contributed by atoms with Crippen LogP contribution >= 0.6 is 11.3 Å². The lowest BCUT2D eigenvalue weighted by molar-refractivity contribution is -0.123. The molecule has 7 nitrogen and oxygen atoms in total. The molecule has 0 saturated carbocycles. The summed E-state index contributed by atoms with van der Waals surface area (Å²) in [5.74, 6) is -0.584. The van der Waals surface area contributed by atoms with Gasteiger partial charge in [0.2, 0.25) is 15.9 Å². The molecule has 0 aliphatic carbocycles. The van der Waals surface area contributed by atoms with E-state index in [4.69, 9.17) is 4.98 Å². The van der Waals surface area contributed by atoms with Crippen LogP contribution in [0.15, 0.2) is 77.8 Å². The first-order valence-electron chi connectivity index (χ1n) is 11.6. The van der Waals surface area contributed by atoms with E-state index in [2.05, 4.69) is 11.1 Å². The highest BCUT2D eigenvalue weighted by molar-refractivity contribution is 7.89. The summed E-state index contributed by atoms with van der Waals surface area (Å²) in [5.41, 5.74) is 2.72. The van der Waals surface area contributed by atoms with Gasteiger partial charge in [-0.05, 0) is 61.7 Å². The Morgan fingerprint density at radius 2 is 1.91 bits per heavy atom. The predicted octanol–water partition coefficient (Wildman–Crippen LogP) is 4.63. The Labute approximate surface area is 209 Å². The zero-order valence-electron chi connectivity index (χ0n) is 19.4. The van der Waals surface area contributed by atoms with E-state index in [0.717, 1.165) is 21.5 Å². The van der Waals surface area contributed by atoms with E-state index in [1.54, 1.807) is 41.4 Å². The lowest BCUT2D eigenvalue weighted by Crippen LogP contribution is -2.46. The molecule has 0 N–H and O–H groups in total. The third-order valence-corrected chi connectivity index (χ3v) is 9.11. The lowest BCUT2D eigenvalue weighted by atomic mass is 9.98. The number of rotatable bonds is 6. The van der Waals surface area contributed by atoms with Crippen molar-refractivity contribution in [1.82, 2.24) is 14.3 Å². The largest absolute Gasteiger partial charge is 0.282 e. The van der Waals surface area contributed by atoms with Gasteiger partial charge in [-0.2, -0.15) is 4.31 Å². The second kappa shape index (κ2) is 9.85. The number of anilines is 1. The number of thiazole rings is 1. The van der Waals surface area contributed by atoms with Crippen molar-refractivity contribution in [3.63, 3.8) is 0 Å². The van der Waals surface area contributed by atoms with Crippen LogP contribution < -0.4 is 4.90 Å². The standard InChI is InChI=1S/C26H26N4O3S2/c1-19-12-13-23-24(16-19)34-26(28-23)30(18-21-9-5-6-14-27-21)25(31)20-8-7-15-29(17-20)35(32,33)22-10-3-2-4-11-22/h2-6,9-14,16,20H,7-8,15,17-18H2,1H3. The molecule has 0 bridgehead atoms. The number of fused-ring (bicyclic) bond motifs is 1. The second-order valence-corrected chi connectivity index (χ2v) is 11.7.